The maximum absolute atomic E-state index is 12.4. The summed E-state index contributed by atoms with van der Waals surface area (Å²) in [5.41, 5.74) is 1.58. The highest BCUT2D eigenvalue weighted by atomic mass is 32.2. The van der Waals surface area contributed by atoms with Gasteiger partial charge in [-0.25, -0.2) is 13.1 Å². The van der Waals surface area contributed by atoms with Crippen LogP contribution in [-0.2, 0) is 32.6 Å². The molecule has 0 saturated carbocycles. The fraction of sp³-hybridized carbons (Fsp3) is 0.222. The third-order valence-electron chi connectivity index (χ3n) is 4.05. The van der Waals surface area contributed by atoms with E-state index in [0.717, 1.165) is 11.1 Å². The van der Waals surface area contributed by atoms with E-state index in [1.165, 1.54) is 0 Å². The Kier molecular flexibility index (Phi) is 5.34. The molecule has 1 saturated heterocycles. The quantitative estimate of drug-likeness (QED) is 0.607. The lowest BCUT2D eigenvalue weighted by Gasteiger charge is -2.36. The third-order valence-corrected chi connectivity index (χ3v) is 5.65. The molecule has 0 radical (unpaired) electrons. The van der Waals surface area contributed by atoms with E-state index in [4.69, 9.17) is 0 Å². The Morgan fingerprint density at radius 1 is 0.962 bits per heavy atom. The number of amides is 2. The number of rotatable bonds is 7. The summed E-state index contributed by atoms with van der Waals surface area (Å²) in [5, 5.41) is 3.65. The Morgan fingerprint density at radius 2 is 1.54 bits per heavy atom. The van der Waals surface area contributed by atoms with Crippen LogP contribution in [0.25, 0.3) is 0 Å². The molecule has 1 aliphatic heterocycles. The molecule has 2 aromatic carbocycles. The van der Waals surface area contributed by atoms with Gasteiger partial charge in [-0.1, -0.05) is 60.7 Å². The van der Waals surface area contributed by atoms with Crippen LogP contribution in [-0.4, -0.2) is 31.6 Å². The monoisotopic (exact) mass is 373 g/mol. The van der Waals surface area contributed by atoms with Crippen LogP contribution in [0.15, 0.2) is 60.7 Å². The normalized spacial score (nSPS) is 19.3. The zero-order valence-corrected chi connectivity index (χ0v) is 14.7. The first-order chi connectivity index (χ1) is 12.5. The van der Waals surface area contributed by atoms with Gasteiger partial charge in [-0.2, -0.15) is 0 Å². The van der Waals surface area contributed by atoms with Crippen LogP contribution >= 0.6 is 0 Å². The topological polar surface area (TPSA) is 104 Å². The van der Waals surface area contributed by atoms with Crippen molar-refractivity contribution in [2.45, 2.75) is 24.4 Å². The number of sulfonamides is 1. The number of nitrogens with one attached hydrogen (secondary N) is 3. The standard InChI is InChI=1S/C18H19N3O4S/c22-15(11-13-7-3-1-4-8-13)20-16-17(23)21-18(16)26(24,25)19-12-14-9-5-2-6-10-14/h1-10,16,18-19H,11-12H2,(H,20,22)(H,21,23). The van der Waals surface area contributed by atoms with Crippen molar-refractivity contribution >= 4 is 21.8 Å². The Balaban J connectivity index is 1.59. The fourth-order valence-corrected chi connectivity index (χ4v) is 4.00. The Bertz CT molecular complexity index is 885. The van der Waals surface area contributed by atoms with Gasteiger partial charge in [-0.05, 0) is 11.1 Å². The minimum absolute atomic E-state index is 0.0782. The summed E-state index contributed by atoms with van der Waals surface area (Å²) in [4.78, 5) is 23.8. The van der Waals surface area contributed by atoms with E-state index in [1.54, 1.807) is 48.5 Å². The van der Waals surface area contributed by atoms with Gasteiger partial charge >= 0.3 is 0 Å². The molecule has 26 heavy (non-hydrogen) atoms. The first-order valence-electron chi connectivity index (χ1n) is 8.12. The lowest BCUT2D eigenvalue weighted by Crippen LogP contribution is -2.73. The zero-order chi connectivity index (χ0) is 18.6. The van der Waals surface area contributed by atoms with Crippen LogP contribution in [0.3, 0.4) is 0 Å². The molecule has 8 heteroatoms. The molecule has 1 aliphatic rings. The van der Waals surface area contributed by atoms with E-state index in [0.29, 0.717) is 0 Å². The highest BCUT2D eigenvalue weighted by Crippen LogP contribution is 2.14. The van der Waals surface area contributed by atoms with Gasteiger partial charge < -0.3 is 10.6 Å². The van der Waals surface area contributed by atoms with E-state index in [2.05, 4.69) is 15.4 Å². The molecule has 0 bridgehead atoms. The summed E-state index contributed by atoms with van der Waals surface area (Å²) >= 11 is 0. The van der Waals surface area contributed by atoms with E-state index in [-0.39, 0.29) is 13.0 Å². The van der Waals surface area contributed by atoms with Crippen LogP contribution in [0.4, 0.5) is 0 Å². The second-order valence-electron chi connectivity index (χ2n) is 5.99. The number of benzene rings is 2. The molecule has 0 aliphatic carbocycles. The molecule has 2 amide bonds. The molecule has 1 fully saturated rings. The molecule has 2 unspecified atom stereocenters. The molecule has 0 aromatic heterocycles. The third kappa shape index (κ3) is 4.27. The molecule has 3 rings (SSSR count). The van der Waals surface area contributed by atoms with Crippen molar-refractivity contribution in [2.24, 2.45) is 0 Å². The van der Waals surface area contributed by atoms with Gasteiger partial charge in [0.2, 0.25) is 21.8 Å². The molecule has 0 spiro atoms. The highest BCUT2D eigenvalue weighted by molar-refractivity contribution is 7.90. The maximum atomic E-state index is 12.4. The van der Waals surface area contributed by atoms with Crippen molar-refractivity contribution in [3.05, 3.63) is 71.8 Å². The molecule has 2 atom stereocenters. The predicted octanol–water partition coefficient (Wildman–Crippen LogP) is 0.289. The summed E-state index contributed by atoms with van der Waals surface area (Å²) < 4.78 is 27.3. The first kappa shape index (κ1) is 18.1. The second-order valence-corrected chi connectivity index (χ2v) is 7.88. The van der Waals surface area contributed by atoms with Crippen LogP contribution in [0.1, 0.15) is 11.1 Å². The van der Waals surface area contributed by atoms with Crippen molar-refractivity contribution in [1.29, 1.82) is 0 Å². The number of carbonyl (C=O) groups excluding carboxylic acids is 2. The Labute approximate surface area is 151 Å². The number of hydrogen-bond acceptors (Lipinski definition) is 4. The summed E-state index contributed by atoms with van der Waals surface area (Å²) in [6.45, 7) is 0.111. The van der Waals surface area contributed by atoms with Gasteiger partial charge in [0.15, 0.2) is 5.37 Å². The van der Waals surface area contributed by atoms with Gasteiger partial charge in [0.05, 0.1) is 6.42 Å². The van der Waals surface area contributed by atoms with Gasteiger partial charge in [0.25, 0.3) is 0 Å². The molecule has 7 nitrogen and oxygen atoms in total. The SMILES string of the molecule is O=C(Cc1ccccc1)NC1C(=O)NC1S(=O)(=O)NCc1ccccc1. The molecule has 1 heterocycles. The summed E-state index contributed by atoms with van der Waals surface area (Å²) in [6.07, 6.45) is 0.0782. The summed E-state index contributed by atoms with van der Waals surface area (Å²) in [7, 11) is -3.82. The van der Waals surface area contributed by atoms with Crippen LogP contribution in [0.5, 0.6) is 0 Å². The van der Waals surface area contributed by atoms with Crippen molar-refractivity contribution < 1.29 is 18.0 Å². The van der Waals surface area contributed by atoms with E-state index < -0.39 is 33.3 Å². The molecular formula is C18H19N3O4S. The molecule has 2 aromatic rings. The van der Waals surface area contributed by atoms with Crippen molar-refractivity contribution in [2.75, 3.05) is 0 Å². The van der Waals surface area contributed by atoms with Crippen LogP contribution in [0.2, 0.25) is 0 Å². The first-order valence-corrected chi connectivity index (χ1v) is 9.66. The Morgan fingerprint density at radius 3 is 2.12 bits per heavy atom. The largest absolute Gasteiger partial charge is 0.341 e. The minimum atomic E-state index is -3.82. The lowest BCUT2D eigenvalue weighted by atomic mass is 10.1. The summed E-state index contributed by atoms with van der Waals surface area (Å²) in [5.74, 6) is -0.916. The van der Waals surface area contributed by atoms with Gasteiger partial charge in [-0.3, -0.25) is 9.59 Å². The van der Waals surface area contributed by atoms with E-state index in [9.17, 15) is 18.0 Å². The van der Waals surface area contributed by atoms with Crippen LogP contribution in [0, 0.1) is 0 Å². The highest BCUT2D eigenvalue weighted by Gasteiger charge is 2.48. The number of β-lactam (4-membered cyclic amide) rings is 1. The number of carbonyl (C=O) groups is 2. The van der Waals surface area contributed by atoms with Gasteiger partial charge in [-0.15, -0.1) is 0 Å². The Hall–Kier alpha value is -2.71. The molecular weight excluding hydrogens is 354 g/mol. The van der Waals surface area contributed by atoms with Crippen molar-refractivity contribution in [3.63, 3.8) is 0 Å². The van der Waals surface area contributed by atoms with E-state index in [1.807, 2.05) is 12.1 Å². The maximum Gasteiger partial charge on any atom is 0.247 e. The molecule has 3 N–H and O–H groups in total. The number of hydrogen-bond donors (Lipinski definition) is 3. The zero-order valence-electron chi connectivity index (χ0n) is 13.9. The minimum Gasteiger partial charge on any atom is -0.341 e. The smallest absolute Gasteiger partial charge is 0.247 e. The molecule has 136 valence electrons. The van der Waals surface area contributed by atoms with Gasteiger partial charge in [0.1, 0.15) is 6.04 Å². The van der Waals surface area contributed by atoms with Crippen LogP contribution < -0.4 is 15.4 Å². The fourth-order valence-electron chi connectivity index (χ4n) is 2.63. The van der Waals surface area contributed by atoms with E-state index >= 15 is 0 Å². The summed E-state index contributed by atoms with van der Waals surface area (Å²) in [6, 6.07) is 17.0. The predicted molar refractivity (Wildman–Crippen MR) is 96.2 cm³/mol. The van der Waals surface area contributed by atoms with Crippen molar-refractivity contribution in [3.8, 4) is 0 Å². The average molecular weight is 373 g/mol. The second kappa shape index (κ2) is 7.67. The lowest BCUT2D eigenvalue weighted by molar-refractivity contribution is -0.134. The average Bonchev–Trinajstić information content (AvgIpc) is 2.64. The van der Waals surface area contributed by atoms with Crippen molar-refractivity contribution in [1.82, 2.24) is 15.4 Å². The van der Waals surface area contributed by atoms with Gasteiger partial charge in [0, 0.05) is 6.54 Å².